The summed E-state index contributed by atoms with van der Waals surface area (Å²) in [6.45, 7) is 4.21. The second kappa shape index (κ2) is 4.76. The Labute approximate surface area is 102 Å². The van der Waals surface area contributed by atoms with E-state index in [4.69, 9.17) is 4.74 Å². The van der Waals surface area contributed by atoms with Crippen molar-refractivity contribution in [2.75, 3.05) is 26.0 Å². The van der Waals surface area contributed by atoms with Crippen LogP contribution in [0.4, 0.5) is 0 Å². The Bertz CT molecular complexity index is 504. The second-order valence-corrected chi connectivity index (χ2v) is 6.37. The minimum Gasteiger partial charge on any atom is -0.371 e. The lowest BCUT2D eigenvalue weighted by Crippen LogP contribution is -2.33. The van der Waals surface area contributed by atoms with Crippen LogP contribution >= 0.6 is 0 Å². The number of rotatable bonds is 2. The number of aryl methyl sites for hydroxylation is 1. The molecular formula is C12H17NO3S. The molecule has 94 valence electrons. The topological polar surface area (TPSA) is 55.4 Å². The third kappa shape index (κ3) is 2.86. The molecule has 0 amide bonds. The molecule has 1 unspecified atom stereocenters. The number of ether oxygens (including phenoxy) is 1. The number of hydrogen-bond donors (Lipinski definition) is 1. The van der Waals surface area contributed by atoms with Crippen molar-refractivity contribution in [3.05, 3.63) is 29.3 Å². The number of sulfone groups is 1. The van der Waals surface area contributed by atoms with Crippen LogP contribution in [0.5, 0.6) is 0 Å². The molecule has 1 atom stereocenters. The molecule has 1 N–H and O–H groups in total. The molecule has 1 heterocycles. The third-order valence-corrected chi connectivity index (χ3v) is 4.06. The summed E-state index contributed by atoms with van der Waals surface area (Å²) in [6, 6.07) is 5.20. The maximum Gasteiger partial charge on any atom is 0.175 e. The van der Waals surface area contributed by atoms with Crippen LogP contribution in [0.25, 0.3) is 0 Å². The zero-order chi connectivity index (χ0) is 12.5. The second-order valence-electron chi connectivity index (χ2n) is 4.35. The number of hydrogen-bond acceptors (Lipinski definition) is 4. The van der Waals surface area contributed by atoms with E-state index in [2.05, 4.69) is 5.32 Å². The normalized spacial score (nSPS) is 21.4. The highest BCUT2D eigenvalue weighted by atomic mass is 32.2. The highest BCUT2D eigenvalue weighted by Gasteiger charge is 2.19. The largest absolute Gasteiger partial charge is 0.371 e. The van der Waals surface area contributed by atoms with Gasteiger partial charge in [-0.15, -0.1) is 0 Å². The summed E-state index contributed by atoms with van der Waals surface area (Å²) in [5, 5.41) is 3.24. The maximum absolute atomic E-state index is 11.5. The van der Waals surface area contributed by atoms with Gasteiger partial charge in [-0.2, -0.15) is 0 Å². The Kier molecular flexibility index (Phi) is 3.51. The van der Waals surface area contributed by atoms with Crippen LogP contribution in [0.1, 0.15) is 17.2 Å². The monoisotopic (exact) mass is 255 g/mol. The highest BCUT2D eigenvalue weighted by molar-refractivity contribution is 7.90. The molecular weight excluding hydrogens is 238 g/mol. The molecule has 1 aliphatic heterocycles. The maximum atomic E-state index is 11.5. The van der Waals surface area contributed by atoms with Gasteiger partial charge in [-0.1, -0.05) is 6.07 Å². The van der Waals surface area contributed by atoms with Crippen molar-refractivity contribution >= 4 is 9.84 Å². The summed E-state index contributed by atoms with van der Waals surface area (Å²) in [7, 11) is -3.16. The van der Waals surface area contributed by atoms with Crippen LogP contribution in [-0.4, -0.2) is 34.4 Å². The zero-order valence-electron chi connectivity index (χ0n) is 10.1. The number of benzene rings is 1. The Morgan fingerprint density at radius 1 is 1.41 bits per heavy atom. The number of morpholine rings is 1. The van der Waals surface area contributed by atoms with E-state index in [0.29, 0.717) is 11.5 Å². The molecule has 1 aromatic carbocycles. The smallest absolute Gasteiger partial charge is 0.175 e. The van der Waals surface area contributed by atoms with Crippen LogP contribution in [0.2, 0.25) is 0 Å². The van der Waals surface area contributed by atoms with E-state index in [1.54, 1.807) is 12.1 Å². The molecule has 1 fully saturated rings. The van der Waals surface area contributed by atoms with Crippen LogP contribution in [0.3, 0.4) is 0 Å². The first-order valence-corrected chi connectivity index (χ1v) is 7.50. The van der Waals surface area contributed by atoms with Gasteiger partial charge >= 0.3 is 0 Å². The van der Waals surface area contributed by atoms with Crippen molar-refractivity contribution in [2.24, 2.45) is 0 Å². The first-order chi connectivity index (χ1) is 7.98. The van der Waals surface area contributed by atoms with Gasteiger partial charge in [-0.3, -0.25) is 0 Å². The fourth-order valence-corrected chi connectivity index (χ4v) is 2.62. The molecule has 4 nitrogen and oxygen atoms in total. The van der Waals surface area contributed by atoms with Crippen LogP contribution in [0, 0.1) is 6.92 Å². The van der Waals surface area contributed by atoms with E-state index in [0.717, 1.165) is 24.2 Å². The van der Waals surface area contributed by atoms with E-state index in [-0.39, 0.29) is 6.10 Å². The lowest BCUT2D eigenvalue weighted by Gasteiger charge is -2.25. The quantitative estimate of drug-likeness (QED) is 0.858. The Hall–Kier alpha value is -0.910. The average Bonchev–Trinajstić information content (AvgIpc) is 2.29. The van der Waals surface area contributed by atoms with Crippen molar-refractivity contribution in [3.63, 3.8) is 0 Å². The molecule has 5 heteroatoms. The molecule has 0 bridgehead atoms. The lowest BCUT2D eigenvalue weighted by molar-refractivity contribution is 0.0272. The molecule has 0 aliphatic carbocycles. The van der Waals surface area contributed by atoms with Crippen molar-refractivity contribution in [1.82, 2.24) is 5.32 Å². The average molecular weight is 255 g/mol. The molecule has 1 saturated heterocycles. The predicted octanol–water partition coefficient (Wildman–Crippen LogP) is 1.06. The molecule has 1 aliphatic rings. The van der Waals surface area contributed by atoms with E-state index in [9.17, 15) is 8.42 Å². The minimum atomic E-state index is -3.16. The summed E-state index contributed by atoms with van der Waals surface area (Å²) in [6.07, 6.45) is 1.17. The zero-order valence-corrected chi connectivity index (χ0v) is 10.9. The van der Waals surface area contributed by atoms with Crippen molar-refractivity contribution in [3.8, 4) is 0 Å². The van der Waals surface area contributed by atoms with Gasteiger partial charge in [0.15, 0.2) is 9.84 Å². The van der Waals surface area contributed by atoms with Crippen LogP contribution in [-0.2, 0) is 14.6 Å². The highest BCUT2D eigenvalue weighted by Crippen LogP contribution is 2.25. The summed E-state index contributed by atoms with van der Waals surface area (Å²) in [5.74, 6) is 0. The first kappa shape index (κ1) is 12.5. The summed E-state index contributed by atoms with van der Waals surface area (Å²) < 4.78 is 28.7. The molecule has 0 saturated carbocycles. The first-order valence-electron chi connectivity index (χ1n) is 5.61. The van der Waals surface area contributed by atoms with Crippen molar-refractivity contribution < 1.29 is 13.2 Å². The van der Waals surface area contributed by atoms with Gasteiger partial charge in [-0.25, -0.2) is 8.42 Å². The van der Waals surface area contributed by atoms with Gasteiger partial charge in [-0.05, 0) is 30.2 Å². The molecule has 2 rings (SSSR count). The van der Waals surface area contributed by atoms with Crippen molar-refractivity contribution in [1.29, 1.82) is 0 Å². The van der Waals surface area contributed by atoms with Gasteiger partial charge in [0.05, 0.1) is 17.6 Å². The van der Waals surface area contributed by atoms with E-state index in [1.807, 2.05) is 13.0 Å². The standard InChI is InChI=1S/C12H17NO3S/c1-9-3-4-10(17(2,14)15)7-11(9)12-8-13-5-6-16-12/h3-4,7,12-13H,5-6,8H2,1-2H3. The van der Waals surface area contributed by atoms with Gasteiger partial charge < -0.3 is 10.1 Å². The van der Waals surface area contributed by atoms with E-state index >= 15 is 0 Å². The molecule has 0 aromatic heterocycles. The minimum absolute atomic E-state index is 0.0505. The van der Waals surface area contributed by atoms with Gasteiger partial charge in [0.1, 0.15) is 0 Å². The van der Waals surface area contributed by atoms with Gasteiger partial charge in [0.2, 0.25) is 0 Å². The lowest BCUT2D eigenvalue weighted by atomic mass is 10.0. The Morgan fingerprint density at radius 2 is 2.18 bits per heavy atom. The van der Waals surface area contributed by atoms with Crippen LogP contribution < -0.4 is 5.32 Å². The molecule has 17 heavy (non-hydrogen) atoms. The SMILES string of the molecule is Cc1ccc(S(C)(=O)=O)cc1C1CNCCO1. The fraction of sp³-hybridized carbons (Fsp3) is 0.500. The van der Waals surface area contributed by atoms with Crippen LogP contribution in [0.15, 0.2) is 23.1 Å². The van der Waals surface area contributed by atoms with E-state index in [1.165, 1.54) is 6.26 Å². The summed E-state index contributed by atoms with van der Waals surface area (Å²) >= 11 is 0. The van der Waals surface area contributed by atoms with Gasteiger partial charge in [0.25, 0.3) is 0 Å². The fourth-order valence-electron chi connectivity index (χ4n) is 1.96. The summed E-state index contributed by atoms with van der Waals surface area (Å²) in [4.78, 5) is 0.354. The van der Waals surface area contributed by atoms with Gasteiger partial charge in [0, 0.05) is 19.3 Å². The Balaban J connectivity index is 2.38. The summed E-state index contributed by atoms with van der Waals surface area (Å²) in [5.41, 5.74) is 2.02. The van der Waals surface area contributed by atoms with E-state index < -0.39 is 9.84 Å². The predicted molar refractivity (Wildman–Crippen MR) is 65.9 cm³/mol. The molecule has 0 spiro atoms. The third-order valence-electron chi connectivity index (χ3n) is 2.95. The molecule has 1 aromatic rings. The molecule has 0 radical (unpaired) electrons. The van der Waals surface area contributed by atoms with Crippen molar-refractivity contribution in [2.45, 2.75) is 17.9 Å². The Morgan fingerprint density at radius 3 is 2.76 bits per heavy atom. The number of nitrogens with one attached hydrogen (secondary N) is 1.